The average molecular weight is 169 g/mol. The number of ether oxygens (including phenoxy) is 1. The molecule has 1 heterocycles. The van der Waals surface area contributed by atoms with Gasteiger partial charge >= 0.3 is 0 Å². The van der Waals surface area contributed by atoms with Crippen molar-refractivity contribution in [3.05, 3.63) is 11.6 Å². The molecule has 0 aromatic carbocycles. The van der Waals surface area contributed by atoms with Gasteiger partial charge in [-0.25, -0.2) is 0 Å². The van der Waals surface area contributed by atoms with E-state index < -0.39 is 0 Å². The largest absolute Gasteiger partial charge is 0.377 e. The second kappa shape index (κ2) is 3.58. The highest BCUT2D eigenvalue weighted by atomic mass is 16.5. The zero-order chi connectivity index (χ0) is 9.19. The minimum absolute atomic E-state index is 0.114. The molecule has 12 heavy (non-hydrogen) atoms. The van der Waals surface area contributed by atoms with E-state index in [0.29, 0.717) is 0 Å². The normalized spacial score (nSPS) is 35.2. The summed E-state index contributed by atoms with van der Waals surface area (Å²) in [6, 6.07) is 0. The van der Waals surface area contributed by atoms with Crippen LogP contribution in [0.2, 0.25) is 0 Å². The predicted octanol–water partition coefficient (Wildman–Crippen LogP) is 1.85. The zero-order valence-electron chi connectivity index (χ0n) is 8.26. The Morgan fingerprint density at radius 2 is 2.33 bits per heavy atom. The van der Waals surface area contributed by atoms with Gasteiger partial charge in [-0.2, -0.15) is 0 Å². The molecule has 1 aliphatic heterocycles. The highest BCUT2D eigenvalue weighted by Crippen LogP contribution is 2.27. The average Bonchev–Trinajstić information content (AvgIpc) is 2.30. The Hall–Kier alpha value is -0.340. The van der Waals surface area contributed by atoms with Gasteiger partial charge in [-0.15, -0.1) is 0 Å². The van der Waals surface area contributed by atoms with Crippen LogP contribution in [0.5, 0.6) is 0 Å². The molecule has 0 amide bonds. The van der Waals surface area contributed by atoms with Gasteiger partial charge < -0.3 is 10.5 Å². The SMILES string of the molecule is CC(C)=CCC1(N)CCOC1C. The summed E-state index contributed by atoms with van der Waals surface area (Å²) in [6.45, 7) is 7.08. The molecule has 1 rings (SSSR count). The first-order valence-corrected chi connectivity index (χ1v) is 4.58. The van der Waals surface area contributed by atoms with E-state index in [2.05, 4.69) is 26.8 Å². The third-order valence-corrected chi connectivity index (χ3v) is 2.64. The van der Waals surface area contributed by atoms with Crippen LogP contribution in [0, 0.1) is 0 Å². The fourth-order valence-electron chi connectivity index (χ4n) is 1.46. The maximum absolute atomic E-state index is 6.18. The summed E-state index contributed by atoms with van der Waals surface area (Å²) in [6.07, 6.45) is 4.33. The molecule has 2 unspecified atom stereocenters. The van der Waals surface area contributed by atoms with Crippen LogP contribution in [-0.4, -0.2) is 18.2 Å². The summed E-state index contributed by atoms with van der Waals surface area (Å²) in [7, 11) is 0. The van der Waals surface area contributed by atoms with Gasteiger partial charge in [0, 0.05) is 12.1 Å². The van der Waals surface area contributed by atoms with Crippen LogP contribution in [0.1, 0.15) is 33.6 Å². The van der Waals surface area contributed by atoms with Crippen molar-refractivity contribution >= 4 is 0 Å². The van der Waals surface area contributed by atoms with Crippen molar-refractivity contribution in [2.24, 2.45) is 5.73 Å². The minimum atomic E-state index is -0.114. The second-order valence-electron chi connectivity index (χ2n) is 3.98. The van der Waals surface area contributed by atoms with Crippen LogP contribution in [0.15, 0.2) is 11.6 Å². The molecule has 2 atom stereocenters. The Labute approximate surface area is 74.8 Å². The Kier molecular flexibility index (Phi) is 2.91. The molecule has 0 radical (unpaired) electrons. The van der Waals surface area contributed by atoms with E-state index in [1.807, 2.05) is 0 Å². The van der Waals surface area contributed by atoms with Crippen molar-refractivity contribution in [2.75, 3.05) is 6.61 Å². The molecule has 1 saturated heterocycles. The maximum Gasteiger partial charge on any atom is 0.0730 e. The van der Waals surface area contributed by atoms with E-state index in [0.717, 1.165) is 19.4 Å². The summed E-state index contributed by atoms with van der Waals surface area (Å²) < 4.78 is 5.45. The first kappa shape index (κ1) is 9.75. The standard InChI is InChI=1S/C10H19NO/c1-8(2)4-5-10(11)6-7-12-9(10)3/h4,9H,5-7,11H2,1-3H3. The summed E-state index contributed by atoms with van der Waals surface area (Å²) in [5.74, 6) is 0. The molecule has 2 nitrogen and oxygen atoms in total. The Bertz CT molecular complexity index is 184. The molecule has 0 saturated carbocycles. The van der Waals surface area contributed by atoms with Crippen LogP contribution < -0.4 is 5.73 Å². The zero-order valence-corrected chi connectivity index (χ0v) is 8.26. The predicted molar refractivity (Wildman–Crippen MR) is 51.0 cm³/mol. The fourth-order valence-corrected chi connectivity index (χ4v) is 1.46. The number of hydrogen-bond donors (Lipinski definition) is 1. The van der Waals surface area contributed by atoms with Gasteiger partial charge in [0.05, 0.1) is 6.10 Å². The molecule has 0 aromatic heterocycles. The lowest BCUT2D eigenvalue weighted by Crippen LogP contribution is -2.45. The van der Waals surface area contributed by atoms with E-state index in [-0.39, 0.29) is 11.6 Å². The van der Waals surface area contributed by atoms with Gasteiger partial charge in [0.1, 0.15) is 0 Å². The molecular formula is C10H19NO. The molecule has 0 aliphatic carbocycles. The van der Waals surface area contributed by atoms with Gasteiger partial charge in [0.2, 0.25) is 0 Å². The Morgan fingerprint density at radius 3 is 2.75 bits per heavy atom. The van der Waals surface area contributed by atoms with E-state index in [1.54, 1.807) is 0 Å². The molecule has 2 heteroatoms. The van der Waals surface area contributed by atoms with Crippen LogP contribution >= 0.6 is 0 Å². The lowest BCUT2D eigenvalue weighted by Gasteiger charge is -2.25. The number of nitrogens with two attached hydrogens (primary N) is 1. The Balaban J connectivity index is 2.54. The van der Waals surface area contributed by atoms with E-state index >= 15 is 0 Å². The van der Waals surface area contributed by atoms with Crippen molar-refractivity contribution < 1.29 is 4.74 Å². The van der Waals surface area contributed by atoms with Crippen molar-refractivity contribution in [1.29, 1.82) is 0 Å². The number of hydrogen-bond acceptors (Lipinski definition) is 2. The summed E-state index contributed by atoms with van der Waals surface area (Å²) >= 11 is 0. The van der Waals surface area contributed by atoms with Crippen molar-refractivity contribution in [3.63, 3.8) is 0 Å². The van der Waals surface area contributed by atoms with Crippen molar-refractivity contribution in [2.45, 2.75) is 45.3 Å². The van der Waals surface area contributed by atoms with Crippen LogP contribution in [-0.2, 0) is 4.74 Å². The first-order chi connectivity index (χ1) is 5.54. The maximum atomic E-state index is 6.18. The topological polar surface area (TPSA) is 35.2 Å². The van der Waals surface area contributed by atoms with E-state index in [9.17, 15) is 0 Å². The molecule has 1 fully saturated rings. The molecular weight excluding hydrogens is 150 g/mol. The summed E-state index contributed by atoms with van der Waals surface area (Å²) in [5, 5.41) is 0. The smallest absolute Gasteiger partial charge is 0.0730 e. The molecule has 70 valence electrons. The third-order valence-electron chi connectivity index (χ3n) is 2.64. The number of rotatable bonds is 2. The Morgan fingerprint density at radius 1 is 1.67 bits per heavy atom. The van der Waals surface area contributed by atoms with Gasteiger partial charge in [0.15, 0.2) is 0 Å². The monoisotopic (exact) mass is 169 g/mol. The lowest BCUT2D eigenvalue weighted by molar-refractivity contribution is 0.0962. The fraction of sp³-hybridized carbons (Fsp3) is 0.800. The molecule has 0 spiro atoms. The molecule has 1 aliphatic rings. The van der Waals surface area contributed by atoms with Crippen molar-refractivity contribution in [1.82, 2.24) is 0 Å². The third kappa shape index (κ3) is 2.08. The number of allylic oxidation sites excluding steroid dienone is 1. The van der Waals surface area contributed by atoms with E-state index in [1.165, 1.54) is 5.57 Å². The summed E-state index contributed by atoms with van der Waals surface area (Å²) in [5.41, 5.74) is 7.40. The van der Waals surface area contributed by atoms with Crippen LogP contribution in [0.4, 0.5) is 0 Å². The highest BCUT2D eigenvalue weighted by molar-refractivity contribution is 5.04. The van der Waals surface area contributed by atoms with Gasteiger partial charge in [0.25, 0.3) is 0 Å². The van der Waals surface area contributed by atoms with Crippen molar-refractivity contribution in [3.8, 4) is 0 Å². The highest BCUT2D eigenvalue weighted by Gasteiger charge is 2.36. The summed E-state index contributed by atoms with van der Waals surface area (Å²) in [4.78, 5) is 0. The van der Waals surface area contributed by atoms with Gasteiger partial charge in [-0.1, -0.05) is 11.6 Å². The first-order valence-electron chi connectivity index (χ1n) is 4.58. The van der Waals surface area contributed by atoms with Gasteiger partial charge in [-0.05, 0) is 33.6 Å². The quantitative estimate of drug-likeness (QED) is 0.640. The molecule has 0 aromatic rings. The lowest BCUT2D eigenvalue weighted by atomic mass is 9.89. The van der Waals surface area contributed by atoms with Gasteiger partial charge in [-0.3, -0.25) is 0 Å². The van der Waals surface area contributed by atoms with Crippen LogP contribution in [0.3, 0.4) is 0 Å². The molecule has 2 N–H and O–H groups in total. The van der Waals surface area contributed by atoms with E-state index in [4.69, 9.17) is 10.5 Å². The molecule has 0 bridgehead atoms. The van der Waals surface area contributed by atoms with Crippen LogP contribution in [0.25, 0.3) is 0 Å². The second-order valence-corrected chi connectivity index (χ2v) is 3.98. The minimum Gasteiger partial charge on any atom is -0.377 e.